The highest BCUT2D eigenvalue weighted by Crippen LogP contribution is 2.48. The van der Waals surface area contributed by atoms with Crippen molar-refractivity contribution in [2.45, 2.75) is 117 Å². The first-order valence-corrected chi connectivity index (χ1v) is 20.1. The summed E-state index contributed by atoms with van der Waals surface area (Å²) in [4.78, 5) is 49.8. The first-order chi connectivity index (χ1) is 26.3. The summed E-state index contributed by atoms with van der Waals surface area (Å²) in [6.45, 7) is 23.9. The number of hydrogen-bond acceptors (Lipinski definition) is 6. The molecule has 2 aromatic carbocycles. The molecule has 1 aliphatic carbocycles. The van der Waals surface area contributed by atoms with E-state index in [1.807, 2.05) is 0 Å². The van der Waals surface area contributed by atoms with Crippen LogP contribution < -0.4 is 20.1 Å². The average molecular weight is 743 g/mol. The van der Waals surface area contributed by atoms with Crippen molar-refractivity contribution in [3.63, 3.8) is 0 Å². The van der Waals surface area contributed by atoms with E-state index in [2.05, 4.69) is 125 Å². The Hall–Kier alpha value is -4.85. The largest absolute Gasteiger partial charge is 0.344 e. The summed E-state index contributed by atoms with van der Waals surface area (Å²) < 4.78 is 2.43. The molecule has 0 unspecified atom stereocenters. The average Bonchev–Trinajstić information content (AvgIpc) is 3.65. The molecule has 0 aromatic heterocycles. The number of unbranched alkanes of at least 4 members (excludes halogenated alkanes) is 2. The number of carbonyl (C=O) groups is 3. The van der Waals surface area contributed by atoms with Crippen molar-refractivity contribution in [1.82, 2.24) is 9.64 Å². The molecule has 0 atom stereocenters. The van der Waals surface area contributed by atoms with Gasteiger partial charge in [-0.3, -0.25) is 15.7 Å². The fourth-order valence-electron chi connectivity index (χ4n) is 8.44. The number of imide groups is 1. The zero-order valence-corrected chi connectivity index (χ0v) is 33.8. The van der Waals surface area contributed by atoms with Gasteiger partial charge in [0, 0.05) is 54.2 Å². The van der Waals surface area contributed by atoms with Crippen LogP contribution in [0.2, 0.25) is 0 Å². The summed E-state index contributed by atoms with van der Waals surface area (Å²) in [5.41, 5.74) is 8.05. The Labute approximate surface area is 328 Å². The van der Waals surface area contributed by atoms with Crippen molar-refractivity contribution in [1.29, 1.82) is 0 Å². The van der Waals surface area contributed by atoms with Crippen LogP contribution in [-0.4, -0.2) is 48.2 Å². The van der Waals surface area contributed by atoms with Crippen molar-refractivity contribution in [3.8, 4) is 0 Å². The van der Waals surface area contributed by atoms with Crippen LogP contribution in [0.3, 0.4) is 0 Å². The summed E-state index contributed by atoms with van der Waals surface area (Å²) in [7, 11) is 0. The third-order valence-electron chi connectivity index (χ3n) is 11.5. The van der Waals surface area contributed by atoms with Gasteiger partial charge >= 0.3 is 5.97 Å². The van der Waals surface area contributed by atoms with Gasteiger partial charge in [0.2, 0.25) is 0 Å². The second-order valence-electron chi connectivity index (χ2n) is 16.4. The molecule has 2 fully saturated rings. The van der Waals surface area contributed by atoms with Crippen molar-refractivity contribution in [2.75, 3.05) is 24.5 Å². The highest BCUT2D eigenvalue weighted by molar-refractivity contribution is 6.12. The summed E-state index contributed by atoms with van der Waals surface area (Å²) >= 11 is 0. The number of allylic oxidation sites excluding steroid dienone is 5. The van der Waals surface area contributed by atoms with E-state index >= 15 is 0 Å². The van der Waals surface area contributed by atoms with Crippen molar-refractivity contribution >= 4 is 35.8 Å². The topological polar surface area (TPSA) is 82.3 Å². The minimum absolute atomic E-state index is 0.0512. The van der Waals surface area contributed by atoms with E-state index in [4.69, 9.17) is 9.83 Å². The third kappa shape index (κ3) is 8.10. The first-order valence-electron chi connectivity index (χ1n) is 20.1. The zero-order valence-electron chi connectivity index (χ0n) is 33.8. The van der Waals surface area contributed by atoms with Gasteiger partial charge in [-0.05, 0) is 48.2 Å². The molecule has 1 saturated heterocycles. The van der Waals surface area contributed by atoms with E-state index in [9.17, 15) is 14.4 Å². The molecule has 3 aliphatic heterocycles. The van der Waals surface area contributed by atoms with E-state index in [0.29, 0.717) is 5.06 Å². The van der Waals surface area contributed by atoms with E-state index in [-0.39, 0.29) is 36.6 Å². The molecule has 55 heavy (non-hydrogen) atoms. The Morgan fingerprint density at radius 2 is 1.78 bits per heavy atom. The van der Waals surface area contributed by atoms with Crippen LogP contribution in [0.5, 0.6) is 0 Å². The molecular formula is C47H58N4O4-2. The van der Waals surface area contributed by atoms with Gasteiger partial charge < -0.3 is 26.2 Å². The molecule has 3 heterocycles. The lowest BCUT2D eigenvalue weighted by molar-refractivity contribution is -0.197. The molecule has 8 nitrogen and oxygen atoms in total. The van der Waals surface area contributed by atoms with E-state index in [1.54, 1.807) is 0 Å². The van der Waals surface area contributed by atoms with Crippen LogP contribution >= 0.6 is 0 Å². The lowest BCUT2D eigenvalue weighted by Crippen LogP contribution is -2.33. The van der Waals surface area contributed by atoms with E-state index in [1.165, 1.54) is 39.5 Å². The third-order valence-corrected chi connectivity index (χ3v) is 11.5. The van der Waals surface area contributed by atoms with Crippen LogP contribution in [0.1, 0.15) is 116 Å². The van der Waals surface area contributed by atoms with Crippen molar-refractivity contribution in [2.24, 2.45) is 4.99 Å². The predicted octanol–water partition coefficient (Wildman–Crippen LogP) is 7.49. The molecule has 6 rings (SSSR count). The van der Waals surface area contributed by atoms with Crippen LogP contribution in [0.25, 0.3) is 6.58 Å². The Morgan fingerprint density at radius 3 is 2.51 bits per heavy atom. The number of nitrogens with zero attached hydrogens (tertiary/aromatic N) is 4. The number of aryl methyl sites for hydroxylation is 1. The molecule has 292 valence electrons. The monoisotopic (exact) mass is 742 g/mol. The van der Waals surface area contributed by atoms with Crippen molar-refractivity contribution in [3.05, 3.63) is 118 Å². The lowest BCUT2D eigenvalue weighted by Gasteiger charge is -2.37. The molecule has 0 N–H and O–H groups in total. The Bertz CT molecular complexity index is 2050. The predicted molar refractivity (Wildman–Crippen MR) is 221 cm³/mol. The van der Waals surface area contributed by atoms with Crippen molar-refractivity contribution < 1.29 is 19.2 Å². The van der Waals surface area contributed by atoms with E-state index < -0.39 is 17.8 Å². The first kappa shape index (κ1) is 39.8. The minimum atomic E-state index is -0.646. The van der Waals surface area contributed by atoms with Gasteiger partial charge in [-0.15, -0.1) is 16.7 Å². The van der Waals surface area contributed by atoms with Gasteiger partial charge in [-0.25, -0.2) is 10.9 Å². The molecule has 0 radical (unpaired) electrons. The minimum Gasteiger partial charge on any atom is -0.344 e. The van der Waals surface area contributed by atoms with Gasteiger partial charge in [0.15, 0.2) is 0 Å². The maximum atomic E-state index is 12.8. The molecule has 0 bridgehead atoms. The van der Waals surface area contributed by atoms with Gasteiger partial charge in [0.25, 0.3) is 11.8 Å². The molecule has 2 amide bonds. The summed E-state index contributed by atoms with van der Waals surface area (Å²) in [6, 6.07) is 14.5. The standard InChI is InChI=1S/C47H58N4O4/c1-9-11-28-49-38-20-16-32(3)30-36(38)46(5,6)40(49)22-18-34-14-13-15-35(45(34)48-27-26-44(54)55-51-42(52)24-25-43(51)53)19-23-41-47(7,8)37-31-33(4)17-21-39(37)50(41)29-12-10-2/h16-23,30-31H,1,3,9-15,24-29H2,2,4-8H3/q-2/b22-18+,35-19+,41-23-,48-45?. The number of aliphatic imine (C=N–C) groups is 1. The fourth-order valence-corrected chi connectivity index (χ4v) is 8.44. The Balaban J connectivity index is 1.35. The summed E-state index contributed by atoms with van der Waals surface area (Å²) in [6.07, 6.45) is 15.8. The van der Waals surface area contributed by atoms with Crippen LogP contribution in [0, 0.1) is 25.8 Å². The second-order valence-corrected chi connectivity index (χ2v) is 16.4. The maximum Gasteiger partial charge on any atom is 0.335 e. The number of benzene rings is 2. The van der Waals surface area contributed by atoms with Crippen LogP contribution in [0.4, 0.5) is 5.69 Å². The number of hydrogen-bond donors (Lipinski definition) is 0. The molecule has 8 heteroatoms. The lowest BCUT2D eigenvalue weighted by atomic mass is 9.77. The number of fused-ring (bicyclic) bond motifs is 2. The highest BCUT2D eigenvalue weighted by atomic mass is 16.7. The number of carbonyl (C=O) groups excluding carboxylic acids is 3. The van der Waals surface area contributed by atoms with E-state index in [0.717, 1.165) is 80.5 Å². The SMILES string of the molecule is C=c1ccc2c(c1)C(C)(C)[C-](/C=C/[C-]1CCC/C(=C\C=C3/N(CCCC)c4ccc(C)cc4C3(C)C)C1=NCCC(=O)ON1C(=O)CCC1=O)[N+]=2CCC[CH2-]. The second kappa shape index (κ2) is 16.5. The zero-order chi connectivity index (χ0) is 39.5. The van der Waals surface area contributed by atoms with Gasteiger partial charge in [-0.1, -0.05) is 108 Å². The molecule has 2 aromatic rings. The smallest absolute Gasteiger partial charge is 0.335 e. The summed E-state index contributed by atoms with van der Waals surface area (Å²) in [5, 5.41) is 2.83. The molecule has 4 aliphatic rings. The number of amides is 2. The Morgan fingerprint density at radius 1 is 1.02 bits per heavy atom. The number of rotatable bonds is 13. The number of hydroxylamine groups is 2. The normalized spacial score (nSPS) is 21.2. The Kier molecular flexibility index (Phi) is 11.9. The number of anilines is 1. The summed E-state index contributed by atoms with van der Waals surface area (Å²) in [5.74, 6) is -0.494. The van der Waals surface area contributed by atoms with Gasteiger partial charge in [0.05, 0.1) is 6.42 Å². The van der Waals surface area contributed by atoms with Crippen LogP contribution in [-0.2, 0) is 30.1 Å². The van der Waals surface area contributed by atoms with Gasteiger partial charge in [0.1, 0.15) is 11.9 Å². The van der Waals surface area contributed by atoms with Crippen LogP contribution in [0.15, 0.2) is 77.0 Å². The fraction of sp³-hybridized carbons (Fsp3) is 0.447. The molecule has 0 spiro atoms. The molecule has 1 saturated carbocycles. The quantitative estimate of drug-likeness (QED) is 0.121. The highest BCUT2D eigenvalue weighted by Gasteiger charge is 2.40. The maximum absolute atomic E-state index is 12.8. The molecular weight excluding hydrogens is 685 g/mol. The van der Waals surface area contributed by atoms with Gasteiger partial charge in [-0.2, -0.15) is 12.3 Å².